The summed E-state index contributed by atoms with van der Waals surface area (Å²) in [5.74, 6) is 1.08. The second-order valence-electron chi connectivity index (χ2n) is 4.53. The number of rotatable bonds is 7. The molecule has 20 heavy (non-hydrogen) atoms. The molecule has 2 heterocycles. The lowest BCUT2D eigenvalue weighted by atomic mass is 10.2. The van der Waals surface area contributed by atoms with Crippen LogP contribution in [0, 0.1) is 0 Å². The summed E-state index contributed by atoms with van der Waals surface area (Å²) in [5.41, 5.74) is 1.69. The van der Waals surface area contributed by atoms with Crippen LogP contribution in [0.3, 0.4) is 0 Å². The van der Waals surface area contributed by atoms with Gasteiger partial charge in [0.15, 0.2) is 0 Å². The van der Waals surface area contributed by atoms with Crippen molar-refractivity contribution in [3.63, 3.8) is 0 Å². The van der Waals surface area contributed by atoms with Crippen LogP contribution in [0.2, 0.25) is 0 Å². The van der Waals surface area contributed by atoms with Crippen molar-refractivity contribution in [2.45, 2.75) is 18.9 Å². The first-order valence-electron chi connectivity index (χ1n) is 7.05. The van der Waals surface area contributed by atoms with E-state index in [1.54, 1.807) is 22.9 Å². The number of nitrogens with one attached hydrogen (secondary N) is 1. The molecule has 0 bridgehead atoms. The molecule has 0 aliphatic rings. The smallest absolute Gasteiger partial charge is 0.119 e. The van der Waals surface area contributed by atoms with Crippen molar-refractivity contribution in [1.82, 2.24) is 15.2 Å². The molecule has 0 amide bonds. The van der Waals surface area contributed by atoms with Gasteiger partial charge in [0.2, 0.25) is 0 Å². The van der Waals surface area contributed by atoms with E-state index in [9.17, 15) is 0 Å². The lowest BCUT2D eigenvalue weighted by Crippen LogP contribution is -3.11. The third kappa shape index (κ3) is 4.28. The summed E-state index contributed by atoms with van der Waals surface area (Å²) >= 11 is 1.77. The molecule has 2 aromatic heterocycles. The Bertz CT molecular complexity index is 497. The van der Waals surface area contributed by atoms with Crippen molar-refractivity contribution < 1.29 is 4.90 Å². The molecule has 0 fully saturated rings. The highest BCUT2D eigenvalue weighted by Gasteiger charge is 2.05. The Morgan fingerprint density at radius 1 is 1.00 bits per heavy atom. The Balaban J connectivity index is 1.89. The van der Waals surface area contributed by atoms with Gasteiger partial charge < -0.3 is 4.90 Å². The molecule has 0 spiro atoms. The van der Waals surface area contributed by atoms with Crippen LogP contribution in [0.5, 0.6) is 0 Å². The molecule has 0 unspecified atom stereocenters. The summed E-state index contributed by atoms with van der Waals surface area (Å²) in [6.07, 6.45) is 1.77. The number of nitrogens with zero attached hydrogens (tertiary/aromatic N) is 3. The second kappa shape index (κ2) is 7.97. The molecule has 106 valence electrons. The van der Waals surface area contributed by atoms with Crippen molar-refractivity contribution in [2.24, 2.45) is 0 Å². The highest BCUT2D eigenvalue weighted by atomic mass is 32.2. The zero-order valence-electron chi connectivity index (χ0n) is 12.0. The Kier molecular flexibility index (Phi) is 5.95. The molecular weight excluding hydrogens is 268 g/mol. The van der Waals surface area contributed by atoms with Gasteiger partial charge in [-0.05, 0) is 38.1 Å². The van der Waals surface area contributed by atoms with Gasteiger partial charge in [-0.2, -0.15) is 0 Å². The van der Waals surface area contributed by atoms with Crippen LogP contribution < -0.4 is 4.90 Å². The van der Waals surface area contributed by atoms with Gasteiger partial charge >= 0.3 is 0 Å². The fourth-order valence-electron chi connectivity index (χ4n) is 1.95. The third-order valence-electron chi connectivity index (χ3n) is 3.27. The Labute approximate surface area is 124 Å². The van der Waals surface area contributed by atoms with Gasteiger partial charge in [-0.3, -0.25) is 4.98 Å². The van der Waals surface area contributed by atoms with Crippen LogP contribution in [0.4, 0.5) is 0 Å². The van der Waals surface area contributed by atoms with Crippen LogP contribution in [-0.4, -0.2) is 40.6 Å². The molecule has 0 aromatic carbocycles. The zero-order valence-corrected chi connectivity index (χ0v) is 12.9. The minimum absolute atomic E-state index is 0.823. The summed E-state index contributed by atoms with van der Waals surface area (Å²) in [5, 5.41) is 9.50. The first-order valence-corrected chi connectivity index (χ1v) is 8.03. The minimum Gasteiger partial charge on any atom is -0.335 e. The molecule has 1 N–H and O–H groups in total. The monoisotopic (exact) mass is 289 g/mol. The number of quaternary nitrogens is 1. The van der Waals surface area contributed by atoms with E-state index in [1.165, 1.54) is 19.6 Å². The highest BCUT2D eigenvalue weighted by Crippen LogP contribution is 2.17. The fourth-order valence-corrected chi connectivity index (χ4v) is 2.81. The first kappa shape index (κ1) is 14.9. The van der Waals surface area contributed by atoms with E-state index in [4.69, 9.17) is 0 Å². The van der Waals surface area contributed by atoms with E-state index in [0.717, 1.165) is 22.2 Å². The second-order valence-corrected chi connectivity index (χ2v) is 5.64. The van der Waals surface area contributed by atoms with Gasteiger partial charge in [-0.15, -0.1) is 10.2 Å². The fraction of sp³-hybridized carbons (Fsp3) is 0.400. The lowest BCUT2D eigenvalue weighted by molar-refractivity contribution is -0.893. The van der Waals surface area contributed by atoms with Crippen LogP contribution in [0.15, 0.2) is 41.6 Å². The maximum Gasteiger partial charge on any atom is 0.119 e. The summed E-state index contributed by atoms with van der Waals surface area (Å²) in [4.78, 5) is 5.89. The van der Waals surface area contributed by atoms with E-state index in [0.29, 0.717) is 0 Å². The molecule has 0 atom stereocenters. The van der Waals surface area contributed by atoms with Crippen molar-refractivity contribution in [1.29, 1.82) is 0 Å². The first-order chi connectivity index (χ1) is 9.83. The molecule has 0 saturated carbocycles. The summed E-state index contributed by atoms with van der Waals surface area (Å²) in [7, 11) is 0. The molecule has 0 radical (unpaired) electrons. The Morgan fingerprint density at radius 2 is 1.85 bits per heavy atom. The molecule has 2 aromatic rings. The van der Waals surface area contributed by atoms with E-state index in [-0.39, 0.29) is 0 Å². The summed E-state index contributed by atoms with van der Waals surface area (Å²) in [6.45, 7) is 7.99. The molecule has 4 nitrogen and oxygen atoms in total. The van der Waals surface area contributed by atoms with Crippen LogP contribution in [-0.2, 0) is 0 Å². The van der Waals surface area contributed by atoms with Gasteiger partial charge in [-0.1, -0.05) is 17.8 Å². The molecule has 2 rings (SSSR count). The zero-order chi connectivity index (χ0) is 14.2. The number of thioether (sulfide) groups is 1. The quantitative estimate of drug-likeness (QED) is 0.786. The standard InChI is InChI=1S/C15H20N4S/c1-3-19(4-2)11-12-20-15-9-8-14(17-18-15)13-7-5-6-10-16-13/h5-10H,3-4,11-12H2,1-2H3/p+1. The number of hydrogen-bond acceptors (Lipinski definition) is 4. The van der Waals surface area contributed by atoms with Gasteiger partial charge in [0.1, 0.15) is 10.7 Å². The largest absolute Gasteiger partial charge is 0.335 e. The minimum atomic E-state index is 0.823. The molecule has 0 aliphatic heterocycles. The van der Waals surface area contributed by atoms with Crippen LogP contribution >= 0.6 is 11.8 Å². The number of aromatic nitrogens is 3. The third-order valence-corrected chi connectivity index (χ3v) is 4.19. The normalized spacial score (nSPS) is 10.9. The lowest BCUT2D eigenvalue weighted by Gasteiger charge is -2.14. The molecular formula is C15H21N4S+. The SMILES string of the molecule is CC[NH+](CC)CCSc1ccc(-c2ccccn2)nn1. The Morgan fingerprint density at radius 3 is 2.45 bits per heavy atom. The molecule has 5 heteroatoms. The van der Waals surface area contributed by atoms with Crippen molar-refractivity contribution in [2.75, 3.05) is 25.4 Å². The number of pyridine rings is 1. The van der Waals surface area contributed by atoms with E-state index in [2.05, 4.69) is 29.0 Å². The average molecular weight is 289 g/mol. The maximum absolute atomic E-state index is 4.27. The number of hydrogen-bond donors (Lipinski definition) is 1. The predicted molar refractivity (Wildman–Crippen MR) is 82.9 cm³/mol. The highest BCUT2D eigenvalue weighted by molar-refractivity contribution is 7.99. The van der Waals surface area contributed by atoms with Crippen molar-refractivity contribution >= 4 is 11.8 Å². The van der Waals surface area contributed by atoms with Crippen molar-refractivity contribution in [3.05, 3.63) is 36.5 Å². The van der Waals surface area contributed by atoms with Gasteiger partial charge in [0.05, 0.1) is 25.3 Å². The van der Waals surface area contributed by atoms with Gasteiger partial charge in [-0.25, -0.2) is 0 Å². The summed E-state index contributed by atoms with van der Waals surface area (Å²) in [6, 6.07) is 9.82. The van der Waals surface area contributed by atoms with Gasteiger partial charge in [0.25, 0.3) is 0 Å². The van der Waals surface area contributed by atoms with E-state index >= 15 is 0 Å². The predicted octanol–water partition coefficient (Wildman–Crippen LogP) is 1.56. The average Bonchev–Trinajstić information content (AvgIpc) is 2.53. The summed E-state index contributed by atoms with van der Waals surface area (Å²) < 4.78 is 0. The molecule has 0 saturated heterocycles. The maximum atomic E-state index is 4.27. The Hall–Kier alpha value is -1.46. The van der Waals surface area contributed by atoms with E-state index < -0.39 is 0 Å². The molecule has 0 aliphatic carbocycles. The van der Waals surface area contributed by atoms with E-state index in [1.807, 2.05) is 30.3 Å². The van der Waals surface area contributed by atoms with Crippen LogP contribution in [0.1, 0.15) is 13.8 Å². The van der Waals surface area contributed by atoms with Crippen molar-refractivity contribution in [3.8, 4) is 11.4 Å². The van der Waals surface area contributed by atoms with Crippen LogP contribution in [0.25, 0.3) is 11.4 Å². The topological polar surface area (TPSA) is 43.1 Å². The van der Waals surface area contributed by atoms with Gasteiger partial charge in [0, 0.05) is 11.9 Å².